The lowest BCUT2D eigenvalue weighted by molar-refractivity contribution is -0.140. The fraction of sp³-hybridized carbons (Fsp3) is 0.500. The molecule has 80 valence electrons. The van der Waals surface area contributed by atoms with E-state index in [9.17, 15) is 4.79 Å². The predicted octanol–water partition coefficient (Wildman–Crippen LogP) is 0.744. The van der Waals surface area contributed by atoms with Crippen molar-refractivity contribution in [1.82, 2.24) is 15.3 Å². The van der Waals surface area contributed by atoms with E-state index in [1.165, 1.54) is 6.33 Å². The van der Waals surface area contributed by atoms with Gasteiger partial charge in [0.15, 0.2) is 0 Å². The van der Waals surface area contributed by atoms with Crippen molar-refractivity contribution < 1.29 is 9.90 Å². The third-order valence-electron chi connectivity index (χ3n) is 2.67. The normalized spacial score (nSPS) is 26.1. The van der Waals surface area contributed by atoms with Crippen LogP contribution in [0.25, 0.3) is 0 Å². The second-order valence-corrected chi connectivity index (χ2v) is 3.71. The number of piperidine rings is 1. The Bertz CT molecular complexity index is 342. The maximum absolute atomic E-state index is 10.8. The van der Waals surface area contributed by atoms with E-state index in [2.05, 4.69) is 15.3 Å². The molecule has 1 aliphatic rings. The van der Waals surface area contributed by atoms with Gasteiger partial charge in [-0.3, -0.25) is 10.1 Å². The molecule has 0 aliphatic carbocycles. The minimum absolute atomic E-state index is 0.0704. The van der Waals surface area contributed by atoms with E-state index >= 15 is 0 Å². The smallest absolute Gasteiger partial charge is 0.320 e. The monoisotopic (exact) mass is 207 g/mol. The number of aromatic nitrogens is 2. The van der Waals surface area contributed by atoms with Crippen LogP contribution in [0.2, 0.25) is 0 Å². The topological polar surface area (TPSA) is 75.1 Å². The fourth-order valence-electron chi connectivity index (χ4n) is 1.88. The molecule has 2 heterocycles. The zero-order valence-corrected chi connectivity index (χ0v) is 8.26. The molecule has 0 spiro atoms. The number of carbonyl (C=O) groups is 1. The molecule has 0 amide bonds. The minimum atomic E-state index is -0.781. The summed E-state index contributed by atoms with van der Waals surface area (Å²) in [5.41, 5.74) is 0.962. The summed E-state index contributed by atoms with van der Waals surface area (Å²) in [6.07, 6.45) is 7.49. The van der Waals surface area contributed by atoms with E-state index in [1.54, 1.807) is 12.4 Å². The van der Waals surface area contributed by atoms with Gasteiger partial charge in [-0.2, -0.15) is 0 Å². The zero-order chi connectivity index (χ0) is 10.7. The second kappa shape index (κ2) is 4.35. The molecule has 15 heavy (non-hydrogen) atoms. The van der Waals surface area contributed by atoms with Gasteiger partial charge in [-0.1, -0.05) is 0 Å². The highest BCUT2D eigenvalue weighted by Gasteiger charge is 2.26. The van der Waals surface area contributed by atoms with Gasteiger partial charge >= 0.3 is 5.97 Å². The van der Waals surface area contributed by atoms with E-state index in [4.69, 9.17) is 5.11 Å². The summed E-state index contributed by atoms with van der Waals surface area (Å²) in [6.45, 7) is 0. The van der Waals surface area contributed by atoms with Crippen LogP contribution in [0.3, 0.4) is 0 Å². The maximum Gasteiger partial charge on any atom is 0.320 e. The number of hydrogen-bond acceptors (Lipinski definition) is 4. The molecule has 1 aromatic heterocycles. The van der Waals surface area contributed by atoms with Crippen molar-refractivity contribution in [3.63, 3.8) is 0 Å². The predicted molar refractivity (Wildman–Crippen MR) is 53.2 cm³/mol. The third kappa shape index (κ3) is 2.30. The Hall–Kier alpha value is -1.49. The molecule has 1 aromatic rings. The van der Waals surface area contributed by atoms with Crippen LogP contribution in [-0.2, 0) is 4.79 Å². The first-order chi connectivity index (χ1) is 7.27. The second-order valence-electron chi connectivity index (χ2n) is 3.71. The Morgan fingerprint density at radius 2 is 2.13 bits per heavy atom. The summed E-state index contributed by atoms with van der Waals surface area (Å²) in [7, 11) is 0. The van der Waals surface area contributed by atoms with Crippen LogP contribution in [-0.4, -0.2) is 27.1 Å². The van der Waals surface area contributed by atoms with E-state index in [-0.39, 0.29) is 6.04 Å². The van der Waals surface area contributed by atoms with Crippen LogP contribution in [0.5, 0.6) is 0 Å². The van der Waals surface area contributed by atoms with Gasteiger partial charge in [-0.25, -0.2) is 9.97 Å². The lowest BCUT2D eigenvalue weighted by Crippen LogP contribution is -2.42. The van der Waals surface area contributed by atoms with Gasteiger partial charge in [-0.05, 0) is 19.3 Å². The molecule has 5 heteroatoms. The largest absolute Gasteiger partial charge is 0.480 e. The number of nitrogens with one attached hydrogen (secondary N) is 1. The first-order valence-corrected chi connectivity index (χ1v) is 5.01. The van der Waals surface area contributed by atoms with Gasteiger partial charge in [0, 0.05) is 24.0 Å². The molecule has 1 aliphatic heterocycles. The summed E-state index contributed by atoms with van der Waals surface area (Å²) in [4.78, 5) is 18.7. The molecule has 0 radical (unpaired) electrons. The molecular weight excluding hydrogens is 194 g/mol. The Morgan fingerprint density at radius 1 is 1.40 bits per heavy atom. The first-order valence-electron chi connectivity index (χ1n) is 5.01. The highest BCUT2D eigenvalue weighted by Crippen LogP contribution is 2.24. The molecule has 0 saturated carbocycles. The van der Waals surface area contributed by atoms with Crippen LogP contribution in [0.15, 0.2) is 18.7 Å². The molecule has 2 atom stereocenters. The van der Waals surface area contributed by atoms with Crippen molar-refractivity contribution in [2.24, 2.45) is 0 Å². The Morgan fingerprint density at radius 3 is 2.80 bits per heavy atom. The van der Waals surface area contributed by atoms with E-state index in [0.717, 1.165) is 18.4 Å². The Balaban J connectivity index is 2.08. The highest BCUT2D eigenvalue weighted by molar-refractivity contribution is 5.73. The quantitative estimate of drug-likeness (QED) is 0.748. The number of aliphatic carboxylic acids is 1. The molecule has 5 nitrogen and oxygen atoms in total. The standard InChI is InChI=1S/C10H13N3O2/c14-10(15)9-3-1-2-8(13-9)7-4-11-6-12-5-7/h4-6,8-9,13H,1-3H2,(H,14,15). The first kappa shape index (κ1) is 10.0. The van der Waals surface area contributed by atoms with Crippen LogP contribution in [0, 0.1) is 0 Å². The Kier molecular flexibility index (Phi) is 2.91. The number of hydrogen-bond donors (Lipinski definition) is 2. The molecule has 2 rings (SSSR count). The molecule has 1 fully saturated rings. The molecule has 2 unspecified atom stereocenters. The summed E-state index contributed by atoms with van der Waals surface area (Å²) in [6, 6.07) is -0.370. The number of carboxylic acid groups (broad SMARTS) is 1. The van der Waals surface area contributed by atoms with Crippen molar-refractivity contribution in [3.8, 4) is 0 Å². The minimum Gasteiger partial charge on any atom is -0.480 e. The highest BCUT2D eigenvalue weighted by atomic mass is 16.4. The Labute approximate surface area is 87.6 Å². The van der Waals surface area contributed by atoms with Gasteiger partial charge in [0.2, 0.25) is 0 Å². The lowest BCUT2D eigenvalue weighted by atomic mass is 9.95. The van der Waals surface area contributed by atoms with Crippen molar-refractivity contribution in [2.45, 2.75) is 31.3 Å². The summed E-state index contributed by atoms with van der Waals surface area (Å²) < 4.78 is 0. The van der Waals surface area contributed by atoms with Crippen LogP contribution >= 0.6 is 0 Å². The molecule has 1 saturated heterocycles. The fourth-order valence-corrected chi connectivity index (χ4v) is 1.88. The number of rotatable bonds is 2. The van der Waals surface area contributed by atoms with Crippen molar-refractivity contribution in [3.05, 3.63) is 24.3 Å². The number of carboxylic acids is 1. The van der Waals surface area contributed by atoms with E-state index < -0.39 is 12.0 Å². The van der Waals surface area contributed by atoms with Crippen molar-refractivity contribution >= 4 is 5.97 Å². The molecule has 2 N–H and O–H groups in total. The number of nitrogens with zero attached hydrogens (tertiary/aromatic N) is 2. The van der Waals surface area contributed by atoms with Crippen LogP contribution < -0.4 is 5.32 Å². The lowest BCUT2D eigenvalue weighted by Gasteiger charge is -2.28. The van der Waals surface area contributed by atoms with Crippen molar-refractivity contribution in [2.75, 3.05) is 0 Å². The van der Waals surface area contributed by atoms with E-state index in [0.29, 0.717) is 6.42 Å². The molecular formula is C10H13N3O2. The average molecular weight is 207 g/mol. The average Bonchev–Trinajstić information content (AvgIpc) is 2.30. The van der Waals surface area contributed by atoms with Gasteiger partial charge < -0.3 is 5.11 Å². The zero-order valence-electron chi connectivity index (χ0n) is 8.26. The van der Waals surface area contributed by atoms with Gasteiger partial charge in [0.1, 0.15) is 12.4 Å². The SMILES string of the molecule is O=C(O)C1CCCC(c2cncnc2)N1. The summed E-state index contributed by atoms with van der Waals surface area (Å²) >= 11 is 0. The third-order valence-corrected chi connectivity index (χ3v) is 2.67. The van der Waals surface area contributed by atoms with Gasteiger partial charge in [-0.15, -0.1) is 0 Å². The van der Waals surface area contributed by atoms with Crippen LogP contribution in [0.1, 0.15) is 30.9 Å². The van der Waals surface area contributed by atoms with Gasteiger partial charge in [0.05, 0.1) is 0 Å². The van der Waals surface area contributed by atoms with E-state index in [1.807, 2.05) is 0 Å². The molecule has 0 aromatic carbocycles. The summed E-state index contributed by atoms with van der Waals surface area (Å²) in [5.74, 6) is -0.781. The maximum atomic E-state index is 10.8. The van der Waals surface area contributed by atoms with Gasteiger partial charge in [0.25, 0.3) is 0 Å². The van der Waals surface area contributed by atoms with Crippen LogP contribution in [0.4, 0.5) is 0 Å². The van der Waals surface area contributed by atoms with Crippen molar-refractivity contribution in [1.29, 1.82) is 0 Å². The summed E-state index contributed by atoms with van der Waals surface area (Å²) in [5, 5.41) is 12.0. The molecule has 0 bridgehead atoms.